The van der Waals surface area contributed by atoms with Crippen molar-refractivity contribution >= 4 is 0 Å². The molecule has 1 aromatic carbocycles. The van der Waals surface area contributed by atoms with Crippen molar-refractivity contribution < 1.29 is 4.74 Å². The highest BCUT2D eigenvalue weighted by Gasteiger charge is 2.43. The van der Waals surface area contributed by atoms with Crippen molar-refractivity contribution in [3.63, 3.8) is 0 Å². The normalized spacial score (nSPS) is 24.9. The number of ether oxygens (including phenoxy) is 1. The summed E-state index contributed by atoms with van der Waals surface area (Å²) in [4.78, 5) is 2.57. The first kappa shape index (κ1) is 14.9. The Bertz CT molecular complexity index is 478. The van der Waals surface area contributed by atoms with E-state index in [9.17, 15) is 0 Å². The molecule has 1 aromatic rings. The Morgan fingerprint density at radius 3 is 2.67 bits per heavy atom. The van der Waals surface area contributed by atoms with Gasteiger partial charge in [-0.1, -0.05) is 25.1 Å². The largest absolute Gasteiger partial charge is 0.487 e. The zero-order valence-corrected chi connectivity index (χ0v) is 13.6. The second kappa shape index (κ2) is 5.98. The van der Waals surface area contributed by atoms with Gasteiger partial charge in [0, 0.05) is 37.2 Å². The number of hydrogen-bond donors (Lipinski definition) is 1. The predicted molar refractivity (Wildman–Crippen MR) is 86.8 cm³/mol. The van der Waals surface area contributed by atoms with Crippen molar-refractivity contribution in [2.24, 2.45) is 0 Å². The van der Waals surface area contributed by atoms with E-state index >= 15 is 0 Å². The van der Waals surface area contributed by atoms with Gasteiger partial charge in [-0.2, -0.15) is 0 Å². The van der Waals surface area contributed by atoms with Gasteiger partial charge >= 0.3 is 0 Å². The predicted octanol–water partition coefficient (Wildman–Crippen LogP) is 3.36. The number of nitrogens with one attached hydrogen (secondary N) is 1. The average molecular weight is 288 g/mol. The molecule has 2 heterocycles. The molecule has 1 N–H and O–H groups in total. The van der Waals surface area contributed by atoms with Crippen LogP contribution in [-0.2, 0) is 0 Å². The zero-order valence-electron chi connectivity index (χ0n) is 13.6. The summed E-state index contributed by atoms with van der Waals surface area (Å²) < 4.78 is 6.50. The van der Waals surface area contributed by atoms with Crippen molar-refractivity contribution in [2.45, 2.75) is 57.7 Å². The maximum Gasteiger partial charge on any atom is 0.124 e. The molecule has 21 heavy (non-hydrogen) atoms. The van der Waals surface area contributed by atoms with Crippen molar-refractivity contribution in [3.8, 4) is 5.75 Å². The first-order valence-corrected chi connectivity index (χ1v) is 8.39. The van der Waals surface area contributed by atoms with Crippen LogP contribution in [-0.4, -0.2) is 36.2 Å². The van der Waals surface area contributed by atoms with Gasteiger partial charge in [0.25, 0.3) is 0 Å². The monoisotopic (exact) mass is 288 g/mol. The van der Waals surface area contributed by atoms with Gasteiger partial charge < -0.3 is 15.0 Å². The molecule has 116 valence electrons. The lowest BCUT2D eigenvalue weighted by molar-refractivity contribution is -0.0311. The summed E-state index contributed by atoms with van der Waals surface area (Å²) in [5, 5.41) is 3.65. The highest BCUT2D eigenvalue weighted by Crippen LogP contribution is 2.44. The zero-order chi connectivity index (χ0) is 14.9. The van der Waals surface area contributed by atoms with Gasteiger partial charge in [0.2, 0.25) is 0 Å². The summed E-state index contributed by atoms with van der Waals surface area (Å²) >= 11 is 0. The third-order valence-corrected chi connectivity index (χ3v) is 5.09. The summed E-state index contributed by atoms with van der Waals surface area (Å²) in [6.45, 7) is 10.1. The lowest BCUT2D eigenvalue weighted by atomic mass is 9.80. The Kier molecular flexibility index (Phi) is 4.23. The number of piperidine rings is 1. The summed E-state index contributed by atoms with van der Waals surface area (Å²) in [6.07, 6.45) is 3.38. The minimum Gasteiger partial charge on any atom is -0.487 e. The summed E-state index contributed by atoms with van der Waals surface area (Å²) in [5.41, 5.74) is 1.36. The fourth-order valence-electron chi connectivity index (χ4n) is 3.80. The molecule has 3 rings (SSSR count). The maximum atomic E-state index is 6.50. The molecule has 0 aliphatic carbocycles. The summed E-state index contributed by atoms with van der Waals surface area (Å²) in [5.74, 6) is 1.09. The van der Waals surface area contributed by atoms with Gasteiger partial charge in [-0.15, -0.1) is 0 Å². The quantitative estimate of drug-likeness (QED) is 0.923. The number of nitrogens with zero attached hydrogens (tertiary/aromatic N) is 1. The van der Waals surface area contributed by atoms with Crippen molar-refractivity contribution in [1.82, 2.24) is 10.2 Å². The van der Waals surface area contributed by atoms with Crippen molar-refractivity contribution in [3.05, 3.63) is 29.8 Å². The van der Waals surface area contributed by atoms with Gasteiger partial charge in [0.1, 0.15) is 11.4 Å². The van der Waals surface area contributed by atoms with E-state index in [4.69, 9.17) is 4.74 Å². The highest BCUT2D eigenvalue weighted by atomic mass is 16.5. The SMILES string of the molecule is CCNC1CC2(CCN(C(C)C)CC2)Oc2ccccc21. The van der Waals surface area contributed by atoms with E-state index in [1.54, 1.807) is 0 Å². The van der Waals surface area contributed by atoms with Crippen LogP contribution in [0.1, 0.15) is 51.6 Å². The van der Waals surface area contributed by atoms with Crippen LogP contribution in [0.4, 0.5) is 0 Å². The molecule has 3 nitrogen and oxygen atoms in total. The lowest BCUT2D eigenvalue weighted by Crippen LogP contribution is -2.53. The molecular formula is C18H28N2O. The number of rotatable bonds is 3. The second-order valence-electron chi connectivity index (χ2n) is 6.77. The third kappa shape index (κ3) is 2.95. The maximum absolute atomic E-state index is 6.50. The second-order valence-corrected chi connectivity index (χ2v) is 6.77. The molecule has 0 radical (unpaired) electrons. The van der Waals surface area contributed by atoms with Crippen LogP contribution >= 0.6 is 0 Å². The third-order valence-electron chi connectivity index (χ3n) is 5.09. The van der Waals surface area contributed by atoms with Crippen LogP contribution in [0.15, 0.2) is 24.3 Å². The standard InChI is InChI=1S/C18H28N2O/c1-4-19-16-13-18(9-11-20(12-10-18)14(2)3)21-17-8-6-5-7-15(16)17/h5-8,14,16,19H,4,9-13H2,1-3H3. The molecule has 0 amide bonds. The minimum atomic E-state index is 0.0343. The van der Waals surface area contributed by atoms with E-state index in [1.165, 1.54) is 5.56 Å². The van der Waals surface area contributed by atoms with E-state index in [2.05, 4.69) is 55.3 Å². The Labute approximate surface area is 128 Å². The number of fused-ring (bicyclic) bond motifs is 1. The fraction of sp³-hybridized carbons (Fsp3) is 0.667. The van der Waals surface area contributed by atoms with Crippen molar-refractivity contribution in [2.75, 3.05) is 19.6 Å². The topological polar surface area (TPSA) is 24.5 Å². The van der Waals surface area contributed by atoms with Gasteiger partial charge in [-0.3, -0.25) is 0 Å². The van der Waals surface area contributed by atoms with E-state index in [0.29, 0.717) is 12.1 Å². The average Bonchev–Trinajstić information content (AvgIpc) is 2.48. The number of benzene rings is 1. The van der Waals surface area contributed by atoms with E-state index in [0.717, 1.165) is 44.6 Å². The van der Waals surface area contributed by atoms with E-state index < -0.39 is 0 Å². The molecule has 1 spiro atoms. The van der Waals surface area contributed by atoms with Gasteiger partial charge in [-0.05, 0) is 39.3 Å². The molecule has 1 unspecified atom stereocenters. The molecule has 0 saturated carbocycles. The van der Waals surface area contributed by atoms with Crippen molar-refractivity contribution in [1.29, 1.82) is 0 Å². The molecule has 0 bridgehead atoms. The molecule has 1 saturated heterocycles. The molecule has 0 aromatic heterocycles. The summed E-state index contributed by atoms with van der Waals surface area (Å²) in [6, 6.07) is 9.62. The molecule has 2 aliphatic heterocycles. The Morgan fingerprint density at radius 2 is 2.00 bits per heavy atom. The fourth-order valence-corrected chi connectivity index (χ4v) is 3.80. The van der Waals surface area contributed by atoms with Crippen LogP contribution in [0.3, 0.4) is 0 Å². The van der Waals surface area contributed by atoms with Crippen LogP contribution in [0.25, 0.3) is 0 Å². The Morgan fingerprint density at radius 1 is 1.29 bits per heavy atom. The van der Waals surface area contributed by atoms with Crippen LogP contribution in [0, 0.1) is 0 Å². The number of likely N-dealkylation sites (tertiary alicyclic amines) is 1. The lowest BCUT2D eigenvalue weighted by Gasteiger charge is -2.47. The summed E-state index contributed by atoms with van der Waals surface area (Å²) in [7, 11) is 0. The first-order chi connectivity index (χ1) is 10.1. The molecule has 3 heteroatoms. The van der Waals surface area contributed by atoms with E-state index in [1.807, 2.05) is 0 Å². The first-order valence-electron chi connectivity index (χ1n) is 8.39. The van der Waals surface area contributed by atoms with Gasteiger partial charge in [-0.25, -0.2) is 0 Å². The molecular weight excluding hydrogens is 260 g/mol. The van der Waals surface area contributed by atoms with Gasteiger partial charge in [0.05, 0.1) is 0 Å². The number of para-hydroxylation sites is 1. The minimum absolute atomic E-state index is 0.0343. The highest BCUT2D eigenvalue weighted by molar-refractivity contribution is 5.39. The smallest absolute Gasteiger partial charge is 0.124 e. The molecule has 2 aliphatic rings. The Hall–Kier alpha value is -1.06. The van der Waals surface area contributed by atoms with Gasteiger partial charge in [0.15, 0.2) is 0 Å². The Balaban J connectivity index is 1.80. The molecule has 1 atom stereocenters. The molecule has 1 fully saturated rings. The van der Waals surface area contributed by atoms with E-state index in [-0.39, 0.29) is 5.60 Å². The van der Waals surface area contributed by atoms with Crippen LogP contribution in [0.2, 0.25) is 0 Å². The van der Waals surface area contributed by atoms with Crippen LogP contribution in [0.5, 0.6) is 5.75 Å². The van der Waals surface area contributed by atoms with Crippen LogP contribution < -0.4 is 10.1 Å². The number of hydrogen-bond acceptors (Lipinski definition) is 3.